The van der Waals surface area contributed by atoms with Gasteiger partial charge in [-0.15, -0.1) is 22.7 Å². The molecule has 240 valence electrons. The Morgan fingerprint density at radius 3 is 1.35 bits per heavy atom. The summed E-state index contributed by atoms with van der Waals surface area (Å²) in [5.74, 6) is 0. The fraction of sp³-hybridized carbons (Fsp3) is 0. The number of fused-ring (bicyclic) bond motifs is 14. The van der Waals surface area contributed by atoms with E-state index in [1.807, 2.05) is 22.7 Å². The van der Waals surface area contributed by atoms with E-state index in [2.05, 4.69) is 172 Å². The van der Waals surface area contributed by atoms with Gasteiger partial charge < -0.3 is 14.0 Å². The molecule has 52 heavy (non-hydrogen) atoms. The Labute approximate surface area is 306 Å². The SMILES string of the molecule is c1ccc(N(c2ccccc2)c2cc3c4c(c2)-n2c5c(cccc5c5sc6ccccc6c52)B4c2cccc4c5sc6ccccc6c5n-3c24)cc1. The molecule has 7 aromatic carbocycles. The van der Waals surface area contributed by atoms with E-state index < -0.39 is 0 Å². The highest BCUT2D eigenvalue weighted by Crippen LogP contribution is 2.48. The molecule has 0 atom stereocenters. The van der Waals surface area contributed by atoms with E-state index in [-0.39, 0.29) is 6.71 Å². The van der Waals surface area contributed by atoms with Gasteiger partial charge in [-0.2, -0.15) is 0 Å². The quantitative estimate of drug-likeness (QED) is 0.168. The highest BCUT2D eigenvalue weighted by molar-refractivity contribution is 7.27. The average molecular weight is 696 g/mol. The molecule has 13 rings (SSSR count). The average Bonchev–Trinajstić information content (AvgIpc) is 3.94. The zero-order valence-electron chi connectivity index (χ0n) is 27.7. The number of hydrogen-bond acceptors (Lipinski definition) is 3. The first-order valence-corrected chi connectivity index (χ1v) is 19.4. The minimum atomic E-state index is 0.110. The molecule has 0 saturated heterocycles. The lowest BCUT2D eigenvalue weighted by Crippen LogP contribution is -2.59. The summed E-state index contributed by atoms with van der Waals surface area (Å²) in [6.07, 6.45) is 0. The Morgan fingerprint density at radius 1 is 0.404 bits per heavy atom. The molecule has 2 aliphatic heterocycles. The molecule has 11 aromatic rings. The highest BCUT2D eigenvalue weighted by atomic mass is 32.1. The Kier molecular flexibility index (Phi) is 5.22. The van der Waals surface area contributed by atoms with E-state index in [0.29, 0.717) is 0 Å². The first-order chi connectivity index (χ1) is 25.8. The number of hydrogen-bond donors (Lipinski definition) is 0. The van der Waals surface area contributed by atoms with Crippen molar-refractivity contribution in [3.63, 3.8) is 0 Å². The van der Waals surface area contributed by atoms with Crippen LogP contribution in [0.3, 0.4) is 0 Å². The van der Waals surface area contributed by atoms with Crippen molar-refractivity contribution >= 4 is 125 Å². The smallest absolute Gasteiger partial charge is 0.252 e. The summed E-state index contributed by atoms with van der Waals surface area (Å²) in [6, 6.07) is 58.6. The third kappa shape index (κ3) is 3.33. The molecular formula is C46H26BN3S2. The molecule has 0 spiro atoms. The molecule has 0 amide bonds. The number of anilines is 3. The molecule has 0 aliphatic carbocycles. The maximum absolute atomic E-state index is 2.63. The van der Waals surface area contributed by atoms with Gasteiger partial charge in [0, 0.05) is 53.7 Å². The number of para-hydroxylation sites is 4. The third-order valence-electron chi connectivity index (χ3n) is 11.5. The zero-order chi connectivity index (χ0) is 33.7. The Hall–Kier alpha value is -6.08. The number of nitrogens with zero attached hydrogens (tertiary/aromatic N) is 3. The fourth-order valence-corrected chi connectivity index (χ4v) is 11.9. The zero-order valence-corrected chi connectivity index (χ0v) is 29.4. The van der Waals surface area contributed by atoms with Gasteiger partial charge in [0.05, 0.1) is 37.2 Å². The molecule has 0 unspecified atom stereocenters. The molecule has 6 heteroatoms. The summed E-state index contributed by atoms with van der Waals surface area (Å²) in [7, 11) is 0. The van der Waals surface area contributed by atoms with Crippen LogP contribution in [0.25, 0.3) is 73.8 Å². The van der Waals surface area contributed by atoms with Gasteiger partial charge in [0.2, 0.25) is 0 Å². The second kappa shape index (κ2) is 9.83. The van der Waals surface area contributed by atoms with Crippen molar-refractivity contribution in [3.8, 4) is 11.4 Å². The Morgan fingerprint density at radius 2 is 0.846 bits per heavy atom. The number of thiophene rings is 2. The van der Waals surface area contributed by atoms with Gasteiger partial charge in [-0.1, -0.05) is 109 Å². The summed E-state index contributed by atoms with van der Waals surface area (Å²) in [5, 5.41) is 5.32. The third-order valence-corrected chi connectivity index (χ3v) is 13.8. The van der Waals surface area contributed by atoms with Gasteiger partial charge in [0.15, 0.2) is 0 Å². The van der Waals surface area contributed by atoms with Crippen molar-refractivity contribution in [2.24, 2.45) is 0 Å². The minimum absolute atomic E-state index is 0.110. The molecule has 6 heterocycles. The lowest BCUT2D eigenvalue weighted by atomic mass is 9.34. The fourth-order valence-electron chi connectivity index (χ4n) is 9.52. The topological polar surface area (TPSA) is 13.1 Å². The second-order valence-electron chi connectivity index (χ2n) is 14.0. The summed E-state index contributed by atoms with van der Waals surface area (Å²) in [4.78, 5) is 2.43. The van der Waals surface area contributed by atoms with Crippen LogP contribution < -0.4 is 21.3 Å². The van der Waals surface area contributed by atoms with Crippen LogP contribution in [0.1, 0.15) is 0 Å². The molecule has 2 aliphatic rings. The number of aromatic nitrogens is 2. The molecule has 0 fully saturated rings. The first kappa shape index (κ1) is 27.6. The predicted molar refractivity (Wildman–Crippen MR) is 225 cm³/mol. The van der Waals surface area contributed by atoms with Crippen molar-refractivity contribution in [2.75, 3.05) is 4.90 Å². The van der Waals surface area contributed by atoms with Gasteiger partial charge in [0.25, 0.3) is 6.71 Å². The second-order valence-corrected chi connectivity index (χ2v) is 16.2. The summed E-state index contributed by atoms with van der Waals surface area (Å²) >= 11 is 3.85. The molecule has 3 nitrogen and oxygen atoms in total. The van der Waals surface area contributed by atoms with E-state index in [4.69, 9.17) is 0 Å². The lowest BCUT2D eigenvalue weighted by Gasteiger charge is -2.35. The molecule has 0 radical (unpaired) electrons. The van der Waals surface area contributed by atoms with Crippen molar-refractivity contribution < 1.29 is 0 Å². The van der Waals surface area contributed by atoms with Crippen molar-refractivity contribution in [1.29, 1.82) is 0 Å². The van der Waals surface area contributed by atoms with Crippen LogP contribution >= 0.6 is 22.7 Å². The van der Waals surface area contributed by atoms with Crippen LogP contribution in [0, 0.1) is 0 Å². The Balaban J connectivity index is 1.27. The lowest BCUT2D eigenvalue weighted by molar-refractivity contribution is 1.14. The van der Waals surface area contributed by atoms with Crippen molar-refractivity contribution in [3.05, 3.63) is 158 Å². The van der Waals surface area contributed by atoms with E-state index in [9.17, 15) is 0 Å². The first-order valence-electron chi connectivity index (χ1n) is 17.8. The van der Waals surface area contributed by atoms with Crippen LogP contribution in [0.5, 0.6) is 0 Å². The van der Waals surface area contributed by atoms with Crippen LogP contribution in [0.15, 0.2) is 158 Å². The monoisotopic (exact) mass is 695 g/mol. The maximum atomic E-state index is 2.63. The summed E-state index contributed by atoms with van der Waals surface area (Å²) < 4.78 is 10.6. The van der Waals surface area contributed by atoms with Crippen LogP contribution in [0.4, 0.5) is 17.1 Å². The van der Waals surface area contributed by atoms with Crippen LogP contribution in [-0.2, 0) is 0 Å². The molecular weight excluding hydrogens is 669 g/mol. The molecule has 0 saturated carbocycles. The van der Waals surface area contributed by atoms with Gasteiger partial charge in [-0.3, -0.25) is 0 Å². The highest BCUT2D eigenvalue weighted by Gasteiger charge is 2.42. The van der Waals surface area contributed by atoms with Gasteiger partial charge in [-0.25, -0.2) is 0 Å². The van der Waals surface area contributed by atoms with Crippen molar-refractivity contribution in [1.82, 2.24) is 9.13 Å². The van der Waals surface area contributed by atoms with Gasteiger partial charge in [0.1, 0.15) is 0 Å². The van der Waals surface area contributed by atoms with Gasteiger partial charge >= 0.3 is 0 Å². The standard InChI is InChI=1S/C46H26BN3S2/c1-3-13-27(14-4-1)48(28-15-5-2-6-16-28)29-25-36-40-37(26-29)50-42-33(46-44(50)31-18-8-10-24-39(31)52-46)20-12-22-35(42)47(40)34-21-11-19-32-41(34)49(36)43-30-17-7-9-23-38(30)51-45(32)43/h1-26H. The number of benzene rings is 7. The minimum Gasteiger partial charge on any atom is -0.310 e. The van der Waals surface area contributed by atoms with E-state index in [0.717, 1.165) is 17.1 Å². The molecule has 0 N–H and O–H groups in total. The normalized spacial score (nSPS) is 13.0. The maximum Gasteiger partial charge on any atom is 0.252 e. The Bertz CT molecular complexity index is 3100. The van der Waals surface area contributed by atoms with Crippen LogP contribution in [-0.4, -0.2) is 15.8 Å². The van der Waals surface area contributed by atoms with Crippen LogP contribution in [0.2, 0.25) is 0 Å². The predicted octanol–water partition coefficient (Wildman–Crippen LogP) is 10.9. The van der Waals surface area contributed by atoms with E-state index in [1.54, 1.807) is 0 Å². The largest absolute Gasteiger partial charge is 0.310 e. The summed E-state index contributed by atoms with van der Waals surface area (Å²) in [6.45, 7) is 0.110. The van der Waals surface area contributed by atoms with Gasteiger partial charge in [-0.05, 0) is 64.9 Å². The van der Waals surface area contributed by atoms with E-state index >= 15 is 0 Å². The summed E-state index contributed by atoms with van der Waals surface area (Å²) in [5.41, 5.74) is 15.4. The molecule has 4 aromatic heterocycles. The number of rotatable bonds is 3. The van der Waals surface area contributed by atoms with Crippen molar-refractivity contribution in [2.45, 2.75) is 0 Å². The molecule has 0 bridgehead atoms. The van der Waals surface area contributed by atoms with E-state index in [1.165, 1.54) is 90.2 Å².